The lowest BCUT2D eigenvalue weighted by Gasteiger charge is -2.13. The maximum atomic E-state index is 12.9. The molecule has 1 rings (SSSR count). The summed E-state index contributed by atoms with van der Waals surface area (Å²) in [5.41, 5.74) is 0.921. The van der Waals surface area contributed by atoms with Crippen LogP contribution in [0.25, 0.3) is 0 Å². The lowest BCUT2D eigenvalue weighted by atomic mass is 9.97. The van der Waals surface area contributed by atoms with Crippen LogP contribution in [0.4, 0.5) is 4.39 Å². The summed E-state index contributed by atoms with van der Waals surface area (Å²) in [6.45, 7) is 0.737. The Morgan fingerprint density at radius 1 is 1.47 bits per heavy atom. The van der Waals surface area contributed by atoms with E-state index in [1.54, 1.807) is 13.2 Å². The van der Waals surface area contributed by atoms with Gasteiger partial charge in [0.25, 0.3) is 0 Å². The molecule has 0 amide bonds. The van der Waals surface area contributed by atoms with E-state index in [-0.39, 0.29) is 18.3 Å². The van der Waals surface area contributed by atoms with Gasteiger partial charge in [0.05, 0.1) is 0 Å². The summed E-state index contributed by atoms with van der Waals surface area (Å²) >= 11 is 0. The predicted octanol–water partition coefficient (Wildman–Crippen LogP) is 2.01. The number of hydrogen-bond acceptors (Lipinski definition) is 2. The fourth-order valence-corrected chi connectivity index (χ4v) is 1.54. The fraction of sp³-hybridized carbons (Fsp3) is 0.500. The first kappa shape index (κ1) is 12.1. The van der Waals surface area contributed by atoms with Crippen molar-refractivity contribution < 1.29 is 14.2 Å². The molecule has 0 aromatic heterocycles. The quantitative estimate of drug-likeness (QED) is 0.781. The summed E-state index contributed by atoms with van der Waals surface area (Å²) in [5.74, 6) is -0.0809. The molecule has 3 heteroatoms. The molecule has 0 saturated heterocycles. The van der Waals surface area contributed by atoms with E-state index in [1.807, 2.05) is 6.07 Å². The van der Waals surface area contributed by atoms with Crippen LogP contribution < -0.4 is 0 Å². The smallest absolute Gasteiger partial charge is 0.123 e. The fourth-order valence-electron chi connectivity index (χ4n) is 1.54. The number of aliphatic hydroxyl groups excluding tert-OH is 1. The molecule has 0 aliphatic heterocycles. The summed E-state index contributed by atoms with van der Waals surface area (Å²) in [5, 5.41) is 9.13. The van der Waals surface area contributed by atoms with Gasteiger partial charge in [-0.05, 0) is 36.5 Å². The zero-order valence-corrected chi connectivity index (χ0v) is 8.95. The average molecular weight is 212 g/mol. The SMILES string of the molecule is COCCC(CO)Cc1cccc(F)c1. The van der Waals surface area contributed by atoms with E-state index in [1.165, 1.54) is 12.1 Å². The first-order valence-corrected chi connectivity index (χ1v) is 5.10. The zero-order valence-electron chi connectivity index (χ0n) is 8.95. The van der Waals surface area contributed by atoms with Gasteiger partial charge in [-0.1, -0.05) is 12.1 Å². The van der Waals surface area contributed by atoms with Crippen molar-refractivity contribution in [1.29, 1.82) is 0 Å². The number of hydrogen-bond donors (Lipinski definition) is 1. The topological polar surface area (TPSA) is 29.5 Å². The Morgan fingerprint density at radius 3 is 2.87 bits per heavy atom. The molecule has 0 aliphatic carbocycles. The monoisotopic (exact) mass is 212 g/mol. The number of benzene rings is 1. The molecule has 0 radical (unpaired) electrons. The van der Waals surface area contributed by atoms with Gasteiger partial charge >= 0.3 is 0 Å². The Labute approximate surface area is 89.7 Å². The minimum atomic E-state index is -0.226. The summed E-state index contributed by atoms with van der Waals surface area (Å²) in [7, 11) is 1.64. The number of ether oxygens (including phenoxy) is 1. The molecule has 0 saturated carbocycles. The summed E-state index contributed by atoms with van der Waals surface area (Å²) in [6.07, 6.45) is 1.49. The van der Waals surface area contributed by atoms with E-state index in [0.29, 0.717) is 13.0 Å². The van der Waals surface area contributed by atoms with Crippen molar-refractivity contribution >= 4 is 0 Å². The maximum absolute atomic E-state index is 12.9. The van der Waals surface area contributed by atoms with Crippen molar-refractivity contribution in [3.05, 3.63) is 35.6 Å². The highest BCUT2D eigenvalue weighted by atomic mass is 19.1. The molecule has 0 heterocycles. The van der Waals surface area contributed by atoms with Gasteiger partial charge in [-0.15, -0.1) is 0 Å². The summed E-state index contributed by atoms with van der Waals surface area (Å²) in [6, 6.07) is 6.50. The number of methoxy groups -OCH3 is 1. The largest absolute Gasteiger partial charge is 0.396 e. The van der Waals surface area contributed by atoms with Gasteiger partial charge in [-0.25, -0.2) is 4.39 Å². The van der Waals surface area contributed by atoms with Crippen LogP contribution in [0, 0.1) is 11.7 Å². The van der Waals surface area contributed by atoms with Crippen LogP contribution in [0.15, 0.2) is 24.3 Å². The van der Waals surface area contributed by atoms with E-state index in [0.717, 1.165) is 12.0 Å². The Hall–Kier alpha value is -0.930. The predicted molar refractivity (Wildman–Crippen MR) is 57.2 cm³/mol. The second kappa shape index (κ2) is 6.53. The molecule has 84 valence electrons. The van der Waals surface area contributed by atoms with Gasteiger partial charge in [0.1, 0.15) is 5.82 Å². The highest BCUT2D eigenvalue weighted by Crippen LogP contribution is 2.13. The molecule has 0 spiro atoms. The molecule has 2 nitrogen and oxygen atoms in total. The molecular formula is C12H17FO2. The van der Waals surface area contributed by atoms with Crippen LogP contribution in [0.3, 0.4) is 0 Å². The van der Waals surface area contributed by atoms with Gasteiger partial charge in [0.15, 0.2) is 0 Å². The van der Waals surface area contributed by atoms with Crippen molar-refractivity contribution in [1.82, 2.24) is 0 Å². The van der Waals surface area contributed by atoms with Gasteiger partial charge < -0.3 is 9.84 Å². The van der Waals surface area contributed by atoms with Gasteiger partial charge in [0.2, 0.25) is 0 Å². The maximum Gasteiger partial charge on any atom is 0.123 e. The molecule has 1 aromatic rings. The van der Waals surface area contributed by atoms with Gasteiger partial charge in [-0.3, -0.25) is 0 Å². The Kier molecular flexibility index (Phi) is 5.29. The molecule has 1 N–H and O–H groups in total. The van der Waals surface area contributed by atoms with E-state index in [4.69, 9.17) is 9.84 Å². The minimum absolute atomic E-state index is 0.111. The van der Waals surface area contributed by atoms with Crippen LogP contribution in [0.5, 0.6) is 0 Å². The van der Waals surface area contributed by atoms with E-state index >= 15 is 0 Å². The number of rotatable bonds is 6. The summed E-state index contributed by atoms with van der Waals surface area (Å²) in [4.78, 5) is 0. The van der Waals surface area contributed by atoms with E-state index < -0.39 is 0 Å². The first-order chi connectivity index (χ1) is 7.26. The number of halogens is 1. The second-order valence-corrected chi connectivity index (χ2v) is 3.66. The molecular weight excluding hydrogens is 195 g/mol. The van der Waals surface area contributed by atoms with E-state index in [2.05, 4.69) is 0 Å². The Bertz CT molecular complexity index is 289. The summed E-state index contributed by atoms with van der Waals surface area (Å²) < 4.78 is 17.8. The van der Waals surface area contributed by atoms with Crippen molar-refractivity contribution in [3.8, 4) is 0 Å². The second-order valence-electron chi connectivity index (χ2n) is 3.66. The first-order valence-electron chi connectivity index (χ1n) is 5.10. The standard InChI is InChI=1S/C12H17FO2/c1-15-6-5-11(9-14)7-10-3-2-4-12(13)8-10/h2-4,8,11,14H,5-7,9H2,1H3. The zero-order chi connectivity index (χ0) is 11.1. The van der Waals surface area contributed by atoms with Crippen LogP contribution in [0.1, 0.15) is 12.0 Å². The Morgan fingerprint density at radius 2 is 2.27 bits per heavy atom. The van der Waals surface area contributed by atoms with E-state index in [9.17, 15) is 4.39 Å². The highest BCUT2D eigenvalue weighted by molar-refractivity contribution is 5.16. The normalized spacial score (nSPS) is 12.7. The molecule has 0 bridgehead atoms. The lowest BCUT2D eigenvalue weighted by molar-refractivity contribution is 0.147. The molecule has 1 aromatic carbocycles. The lowest BCUT2D eigenvalue weighted by Crippen LogP contribution is -2.12. The van der Waals surface area contributed by atoms with Gasteiger partial charge in [-0.2, -0.15) is 0 Å². The molecule has 0 aliphatic rings. The minimum Gasteiger partial charge on any atom is -0.396 e. The molecule has 0 fully saturated rings. The molecule has 15 heavy (non-hydrogen) atoms. The van der Waals surface area contributed by atoms with Crippen molar-refractivity contribution in [2.75, 3.05) is 20.3 Å². The molecule has 1 unspecified atom stereocenters. The molecule has 1 atom stereocenters. The van der Waals surface area contributed by atoms with Crippen LogP contribution in [-0.2, 0) is 11.2 Å². The van der Waals surface area contributed by atoms with Crippen molar-refractivity contribution in [2.24, 2.45) is 5.92 Å². The van der Waals surface area contributed by atoms with Crippen molar-refractivity contribution in [3.63, 3.8) is 0 Å². The number of aliphatic hydroxyl groups is 1. The average Bonchev–Trinajstić information content (AvgIpc) is 2.24. The Balaban J connectivity index is 2.50. The van der Waals surface area contributed by atoms with Crippen molar-refractivity contribution in [2.45, 2.75) is 12.8 Å². The van der Waals surface area contributed by atoms with Crippen LogP contribution >= 0.6 is 0 Å². The highest BCUT2D eigenvalue weighted by Gasteiger charge is 2.08. The third-order valence-corrected chi connectivity index (χ3v) is 2.40. The third-order valence-electron chi connectivity index (χ3n) is 2.40. The third kappa shape index (κ3) is 4.40. The van der Waals surface area contributed by atoms with Gasteiger partial charge in [0, 0.05) is 20.3 Å². The van der Waals surface area contributed by atoms with Crippen LogP contribution in [-0.4, -0.2) is 25.4 Å². The van der Waals surface area contributed by atoms with Crippen LogP contribution in [0.2, 0.25) is 0 Å².